The molecule has 1 aromatic carbocycles. The Morgan fingerprint density at radius 2 is 1.94 bits per heavy atom. The third kappa shape index (κ3) is 1.72. The van der Waals surface area contributed by atoms with Crippen LogP contribution < -0.4 is 0 Å². The van der Waals surface area contributed by atoms with Gasteiger partial charge in [0.15, 0.2) is 5.71 Å². The van der Waals surface area contributed by atoms with E-state index in [0.717, 1.165) is 5.06 Å². The minimum atomic E-state index is -1.21. The largest absolute Gasteiger partial charge is 0.622 e. The summed E-state index contributed by atoms with van der Waals surface area (Å²) in [6.45, 7) is 5.02. The zero-order valence-electron chi connectivity index (χ0n) is 10.6. The van der Waals surface area contributed by atoms with Crippen molar-refractivity contribution in [3.05, 3.63) is 41.1 Å². The van der Waals surface area contributed by atoms with Crippen LogP contribution in [0, 0.1) is 5.21 Å². The van der Waals surface area contributed by atoms with Crippen molar-refractivity contribution in [2.75, 3.05) is 0 Å². The zero-order chi connectivity index (χ0) is 13.5. The molecule has 0 bridgehead atoms. The first kappa shape index (κ1) is 12.7. The van der Waals surface area contributed by atoms with Crippen molar-refractivity contribution < 1.29 is 14.7 Å². The van der Waals surface area contributed by atoms with Gasteiger partial charge in [-0.1, -0.05) is 30.3 Å². The number of hydroxylamine groups is 3. The van der Waals surface area contributed by atoms with Crippen LogP contribution in [0.5, 0.6) is 0 Å². The van der Waals surface area contributed by atoms with Crippen LogP contribution in [0.4, 0.5) is 0 Å². The summed E-state index contributed by atoms with van der Waals surface area (Å²) in [7, 11) is 0. The summed E-state index contributed by atoms with van der Waals surface area (Å²) in [5.74, 6) is -0.405. The number of rotatable bonds is 2. The molecule has 18 heavy (non-hydrogen) atoms. The van der Waals surface area contributed by atoms with Crippen LogP contribution in [-0.4, -0.2) is 38.2 Å². The molecule has 0 radical (unpaired) electrons. The lowest BCUT2D eigenvalue weighted by atomic mass is 10.0. The second-order valence-electron chi connectivity index (χ2n) is 4.92. The van der Waals surface area contributed by atoms with E-state index in [1.54, 1.807) is 51.1 Å². The van der Waals surface area contributed by atoms with E-state index in [1.165, 1.54) is 0 Å². The van der Waals surface area contributed by atoms with Gasteiger partial charge in [0.05, 0.1) is 0 Å². The van der Waals surface area contributed by atoms with Gasteiger partial charge in [-0.2, -0.15) is 4.74 Å². The first-order valence-electron chi connectivity index (χ1n) is 5.75. The molecule has 1 aliphatic rings. The van der Waals surface area contributed by atoms with Crippen molar-refractivity contribution in [2.24, 2.45) is 0 Å². The van der Waals surface area contributed by atoms with Gasteiger partial charge in [-0.15, -0.1) is 5.06 Å². The molecule has 1 aliphatic heterocycles. The van der Waals surface area contributed by atoms with Gasteiger partial charge >= 0.3 is 6.17 Å². The fourth-order valence-electron chi connectivity index (χ4n) is 1.99. The monoisotopic (exact) mass is 248 g/mol. The molecule has 0 aromatic heterocycles. The normalized spacial score (nSPS) is 23.4. The Morgan fingerprint density at radius 1 is 1.39 bits per heavy atom. The zero-order valence-corrected chi connectivity index (χ0v) is 10.6. The Bertz CT molecular complexity index is 508. The van der Waals surface area contributed by atoms with Crippen molar-refractivity contribution >= 4 is 11.5 Å². The molecule has 0 aliphatic carbocycles. The van der Waals surface area contributed by atoms with Gasteiger partial charge in [-0.3, -0.25) is 4.79 Å². The van der Waals surface area contributed by atoms with Crippen molar-refractivity contribution in [3.63, 3.8) is 0 Å². The average molecular weight is 248 g/mol. The molecule has 0 saturated carbocycles. The summed E-state index contributed by atoms with van der Waals surface area (Å²) in [6.07, 6.45) is -1.21. The molecule has 1 aromatic rings. The summed E-state index contributed by atoms with van der Waals surface area (Å²) in [6, 6.07) is 8.50. The second-order valence-corrected chi connectivity index (χ2v) is 4.92. The van der Waals surface area contributed by atoms with E-state index in [2.05, 4.69) is 0 Å². The molecule has 1 heterocycles. The predicted octanol–water partition coefficient (Wildman–Crippen LogP) is 1.65. The fourth-order valence-corrected chi connectivity index (χ4v) is 1.99. The highest BCUT2D eigenvalue weighted by atomic mass is 16.6. The Labute approximate surface area is 106 Å². The third-order valence-corrected chi connectivity index (χ3v) is 3.54. The van der Waals surface area contributed by atoms with Gasteiger partial charge in [-0.25, -0.2) is 0 Å². The Kier molecular flexibility index (Phi) is 2.96. The van der Waals surface area contributed by atoms with Crippen molar-refractivity contribution in [1.29, 1.82) is 0 Å². The van der Waals surface area contributed by atoms with Gasteiger partial charge in [-0.05, 0) is 13.8 Å². The van der Waals surface area contributed by atoms with E-state index in [-0.39, 0.29) is 0 Å². The molecule has 96 valence electrons. The lowest BCUT2D eigenvalue weighted by molar-refractivity contribution is -0.517. The van der Waals surface area contributed by atoms with Crippen LogP contribution in [0.1, 0.15) is 31.1 Å². The summed E-state index contributed by atoms with van der Waals surface area (Å²) >= 11 is 0. The number of hydrogen-bond donors (Lipinski definition) is 1. The predicted molar refractivity (Wildman–Crippen MR) is 66.6 cm³/mol. The molecule has 0 fully saturated rings. The molecule has 0 spiro atoms. The van der Waals surface area contributed by atoms with Crippen LogP contribution >= 0.6 is 0 Å². The molecule has 0 unspecified atom stereocenters. The Morgan fingerprint density at radius 3 is 2.39 bits per heavy atom. The molecule has 0 amide bonds. The lowest BCUT2D eigenvalue weighted by Gasteiger charge is -2.24. The van der Waals surface area contributed by atoms with Crippen LogP contribution in [0.25, 0.3) is 0 Å². The van der Waals surface area contributed by atoms with E-state index >= 15 is 0 Å². The smallest absolute Gasteiger partial charge is 0.305 e. The highest BCUT2D eigenvalue weighted by Gasteiger charge is 2.52. The number of carbonyl (C=O) groups is 1. The molecule has 0 saturated heterocycles. The van der Waals surface area contributed by atoms with Gasteiger partial charge in [0.2, 0.25) is 5.78 Å². The van der Waals surface area contributed by atoms with Gasteiger partial charge < -0.3 is 10.4 Å². The van der Waals surface area contributed by atoms with Crippen LogP contribution in [0.2, 0.25) is 0 Å². The van der Waals surface area contributed by atoms with Crippen LogP contribution in [0.15, 0.2) is 30.3 Å². The second kappa shape index (κ2) is 4.19. The summed E-state index contributed by atoms with van der Waals surface area (Å²) in [5, 5.41) is 22.9. The van der Waals surface area contributed by atoms with E-state index in [1.807, 2.05) is 0 Å². The third-order valence-electron chi connectivity index (χ3n) is 3.54. The molecular formula is C13H16N2O3. The summed E-state index contributed by atoms with van der Waals surface area (Å²) < 4.78 is 0.579. The molecule has 2 rings (SSSR count). The molecule has 1 atom stereocenters. The molecule has 5 nitrogen and oxygen atoms in total. The fraction of sp³-hybridized carbons (Fsp3) is 0.385. The number of benzene rings is 1. The number of carbonyl (C=O) groups excluding carboxylic acids is 1. The van der Waals surface area contributed by atoms with Gasteiger partial charge in [0, 0.05) is 12.5 Å². The molecule has 1 N–H and O–H groups in total. The Balaban J connectivity index is 2.39. The van der Waals surface area contributed by atoms with Gasteiger partial charge in [0.25, 0.3) is 0 Å². The van der Waals surface area contributed by atoms with E-state index in [4.69, 9.17) is 0 Å². The maximum Gasteiger partial charge on any atom is 0.305 e. The number of Topliss-reactive ketones (excluding diaryl/α,β-unsaturated/α-hetero) is 1. The Hall–Kier alpha value is -1.72. The van der Waals surface area contributed by atoms with E-state index < -0.39 is 17.5 Å². The molecular weight excluding hydrogens is 232 g/mol. The summed E-state index contributed by atoms with van der Waals surface area (Å²) in [4.78, 5) is 12.2. The van der Waals surface area contributed by atoms with Crippen molar-refractivity contribution in [1.82, 2.24) is 5.06 Å². The quantitative estimate of drug-likeness (QED) is 0.491. The summed E-state index contributed by atoms with van der Waals surface area (Å²) in [5.41, 5.74) is -0.0104. The van der Waals surface area contributed by atoms with Crippen LogP contribution in [-0.2, 0) is 0 Å². The molecule has 5 heteroatoms. The SMILES string of the molecule is CC1=[N+]([O-])[C@H](C(=O)c2ccccc2)N(O)C1(C)C. The lowest BCUT2D eigenvalue weighted by Crippen LogP contribution is -2.48. The first-order chi connectivity index (χ1) is 8.37. The average Bonchev–Trinajstić information content (AvgIpc) is 2.51. The first-order valence-corrected chi connectivity index (χ1v) is 5.75. The maximum atomic E-state index is 12.2. The topological polar surface area (TPSA) is 66.6 Å². The number of hydrogen-bond acceptors (Lipinski definition) is 4. The van der Waals surface area contributed by atoms with Gasteiger partial charge in [0.1, 0.15) is 5.54 Å². The van der Waals surface area contributed by atoms with E-state index in [9.17, 15) is 15.2 Å². The number of nitrogens with zero attached hydrogens (tertiary/aromatic N) is 2. The van der Waals surface area contributed by atoms with Crippen molar-refractivity contribution in [3.8, 4) is 0 Å². The van der Waals surface area contributed by atoms with E-state index in [0.29, 0.717) is 16.0 Å². The maximum absolute atomic E-state index is 12.2. The standard InChI is InChI=1S/C13H16N2O3/c1-9-13(2,3)15(18)12(14(9)17)11(16)10-7-5-4-6-8-10/h4-8,12,18H,1-3H3/t12-/m0/s1. The van der Waals surface area contributed by atoms with Crippen molar-refractivity contribution in [2.45, 2.75) is 32.5 Å². The highest BCUT2D eigenvalue weighted by Crippen LogP contribution is 2.26. The number of ketones is 1. The minimum absolute atomic E-state index is 0.405. The minimum Gasteiger partial charge on any atom is -0.622 e. The highest BCUT2D eigenvalue weighted by molar-refractivity contribution is 6.01. The van der Waals surface area contributed by atoms with Crippen LogP contribution in [0.3, 0.4) is 0 Å².